The molecule has 0 atom stereocenters. The Bertz CT molecular complexity index is 545. The Balaban J connectivity index is 1.97. The normalized spacial score (nSPS) is 17.1. The highest BCUT2D eigenvalue weighted by Crippen LogP contribution is 2.36. The fourth-order valence-electron chi connectivity index (χ4n) is 3.21. The molecule has 2 aromatic rings. The predicted octanol–water partition coefficient (Wildman–Crippen LogP) is 5.81. The number of hydrogen-bond acceptors (Lipinski definition) is 0. The van der Waals surface area contributed by atoms with E-state index in [1.54, 1.807) is 0 Å². The summed E-state index contributed by atoms with van der Waals surface area (Å²) in [4.78, 5) is 0. The number of hydrogen-bond donors (Lipinski definition) is 0. The van der Waals surface area contributed by atoms with E-state index in [4.69, 9.17) is 0 Å². The van der Waals surface area contributed by atoms with Gasteiger partial charge in [-0.2, -0.15) is 0 Å². The van der Waals surface area contributed by atoms with Gasteiger partial charge in [-0.15, -0.1) is 0 Å². The van der Waals surface area contributed by atoms with Crippen LogP contribution in [0, 0.1) is 5.92 Å². The van der Waals surface area contributed by atoms with Crippen molar-refractivity contribution >= 4 is 11.6 Å². The maximum absolute atomic E-state index is 2.39. The minimum absolute atomic E-state index is 0.728. The summed E-state index contributed by atoms with van der Waals surface area (Å²) in [6, 6.07) is 21.6. The Morgan fingerprint density at radius 2 is 1.35 bits per heavy atom. The molecule has 0 N–H and O–H groups in total. The molecule has 3 rings (SSSR count). The average molecular weight is 262 g/mol. The third-order valence-corrected chi connectivity index (χ3v) is 4.27. The molecule has 0 heterocycles. The topological polar surface area (TPSA) is 0 Å². The minimum atomic E-state index is 0.728. The maximum atomic E-state index is 2.39. The van der Waals surface area contributed by atoms with Crippen LogP contribution in [0.15, 0.2) is 60.7 Å². The second-order valence-corrected chi connectivity index (χ2v) is 5.71. The van der Waals surface area contributed by atoms with Crippen molar-refractivity contribution in [3.63, 3.8) is 0 Å². The molecule has 102 valence electrons. The second-order valence-electron chi connectivity index (χ2n) is 5.71. The van der Waals surface area contributed by atoms with Crippen LogP contribution in [0.1, 0.15) is 43.2 Å². The van der Waals surface area contributed by atoms with E-state index in [1.807, 2.05) is 0 Å². The molecule has 0 unspecified atom stereocenters. The molecule has 0 amide bonds. The van der Waals surface area contributed by atoms with Gasteiger partial charge in [0.25, 0.3) is 0 Å². The summed E-state index contributed by atoms with van der Waals surface area (Å²) in [5.41, 5.74) is 4.23. The van der Waals surface area contributed by atoms with Gasteiger partial charge in [0.15, 0.2) is 0 Å². The summed E-state index contributed by atoms with van der Waals surface area (Å²) in [7, 11) is 0. The van der Waals surface area contributed by atoms with E-state index < -0.39 is 0 Å². The third kappa shape index (κ3) is 3.19. The van der Waals surface area contributed by atoms with Crippen LogP contribution < -0.4 is 0 Å². The summed E-state index contributed by atoms with van der Waals surface area (Å²) in [6.45, 7) is 0. The molecule has 0 heteroatoms. The van der Waals surface area contributed by atoms with Crippen LogP contribution in [0.2, 0.25) is 0 Å². The van der Waals surface area contributed by atoms with Gasteiger partial charge in [-0.05, 0) is 35.5 Å². The monoisotopic (exact) mass is 262 g/mol. The number of rotatable bonds is 3. The Labute approximate surface area is 122 Å². The lowest BCUT2D eigenvalue weighted by molar-refractivity contribution is 0.430. The Kier molecular flexibility index (Phi) is 4.32. The van der Waals surface area contributed by atoms with Crippen LogP contribution in [0.25, 0.3) is 11.6 Å². The number of benzene rings is 2. The van der Waals surface area contributed by atoms with Gasteiger partial charge in [-0.3, -0.25) is 0 Å². The molecule has 0 nitrogen and oxygen atoms in total. The number of allylic oxidation sites excluding steroid dienone is 1. The summed E-state index contributed by atoms with van der Waals surface area (Å²) in [5.74, 6) is 0.728. The van der Waals surface area contributed by atoms with Crippen molar-refractivity contribution in [1.29, 1.82) is 0 Å². The molecule has 1 aliphatic carbocycles. The predicted molar refractivity (Wildman–Crippen MR) is 87.3 cm³/mol. The van der Waals surface area contributed by atoms with E-state index in [2.05, 4.69) is 66.7 Å². The van der Waals surface area contributed by atoms with Gasteiger partial charge >= 0.3 is 0 Å². The van der Waals surface area contributed by atoms with E-state index in [0.717, 1.165) is 5.92 Å². The minimum Gasteiger partial charge on any atom is -0.0622 e. The van der Waals surface area contributed by atoms with Crippen LogP contribution >= 0.6 is 0 Å². The third-order valence-electron chi connectivity index (χ3n) is 4.27. The molecule has 0 aliphatic heterocycles. The second kappa shape index (κ2) is 6.56. The fraction of sp³-hybridized carbons (Fsp3) is 0.300. The smallest absolute Gasteiger partial charge is 0.0156 e. The Morgan fingerprint density at radius 3 is 2.00 bits per heavy atom. The molecule has 1 aliphatic rings. The van der Waals surface area contributed by atoms with Crippen molar-refractivity contribution in [3.05, 3.63) is 71.8 Å². The van der Waals surface area contributed by atoms with E-state index >= 15 is 0 Å². The van der Waals surface area contributed by atoms with Crippen molar-refractivity contribution in [2.24, 2.45) is 5.92 Å². The first kappa shape index (κ1) is 13.2. The standard InChI is InChI=1S/C20H22/c1-4-10-17(11-5-1)16-20(18-12-6-2-7-13-18)19-14-8-3-9-15-19/h1-2,4-7,10-13,16,19H,3,8-9,14-15H2/b20-16-. The first-order chi connectivity index (χ1) is 9.93. The van der Waals surface area contributed by atoms with Crippen LogP contribution in [0.4, 0.5) is 0 Å². The average Bonchev–Trinajstić information content (AvgIpc) is 2.55. The Morgan fingerprint density at radius 1 is 0.750 bits per heavy atom. The summed E-state index contributed by atoms with van der Waals surface area (Å²) >= 11 is 0. The molecule has 0 saturated heterocycles. The van der Waals surface area contributed by atoms with E-state index in [9.17, 15) is 0 Å². The molecule has 0 bridgehead atoms. The van der Waals surface area contributed by atoms with Crippen LogP contribution in [0.3, 0.4) is 0 Å². The molecule has 2 aromatic carbocycles. The van der Waals surface area contributed by atoms with Crippen LogP contribution in [0.5, 0.6) is 0 Å². The molecular weight excluding hydrogens is 240 g/mol. The lowest BCUT2D eigenvalue weighted by atomic mass is 9.80. The zero-order valence-corrected chi connectivity index (χ0v) is 12.0. The largest absolute Gasteiger partial charge is 0.0622 e. The van der Waals surface area contributed by atoms with Gasteiger partial charge in [-0.25, -0.2) is 0 Å². The van der Waals surface area contributed by atoms with E-state index in [-0.39, 0.29) is 0 Å². The molecule has 0 aromatic heterocycles. The SMILES string of the molecule is C(=C(\c1ccccc1)C1CCCCC1)/c1ccccc1. The molecule has 1 fully saturated rings. The van der Waals surface area contributed by atoms with E-state index in [0.29, 0.717) is 0 Å². The highest BCUT2D eigenvalue weighted by molar-refractivity contribution is 5.82. The zero-order valence-electron chi connectivity index (χ0n) is 12.0. The summed E-state index contributed by atoms with van der Waals surface area (Å²) in [6.07, 6.45) is 9.24. The van der Waals surface area contributed by atoms with Crippen LogP contribution in [-0.4, -0.2) is 0 Å². The van der Waals surface area contributed by atoms with Crippen molar-refractivity contribution in [2.45, 2.75) is 32.1 Å². The highest BCUT2D eigenvalue weighted by atomic mass is 14.2. The zero-order chi connectivity index (χ0) is 13.6. The summed E-state index contributed by atoms with van der Waals surface area (Å²) < 4.78 is 0. The van der Waals surface area contributed by atoms with Gasteiger partial charge in [-0.1, -0.05) is 86.0 Å². The lowest BCUT2D eigenvalue weighted by Crippen LogP contribution is -2.08. The van der Waals surface area contributed by atoms with Gasteiger partial charge in [0.1, 0.15) is 0 Å². The Hall–Kier alpha value is -1.82. The quantitative estimate of drug-likeness (QED) is 0.612. The first-order valence-electron chi connectivity index (χ1n) is 7.75. The molecule has 0 spiro atoms. The summed E-state index contributed by atoms with van der Waals surface area (Å²) in [5, 5.41) is 0. The highest BCUT2D eigenvalue weighted by Gasteiger charge is 2.18. The fourth-order valence-corrected chi connectivity index (χ4v) is 3.21. The molecular formula is C20H22. The van der Waals surface area contributed by atoms with Crippen molar-refractivity contribution < 1.29 is 0 Å². The van der Waals surface area contributed by atoms with Gasteiger partial charge in [0, 0.05) is 0 Å². The van der Waals surface area contributed by atoms with E-state index in [1.165, 1.54) is 48.8 Å². The van der Waals surface area contributed by atoms with Gasteiger partial charge in [0.2, 0.25) is 0 Å². The first-order valence-corrected chi connectivity index (χ1v) is 7.75. The van der Waals surface area contributed by atoms with Crippen molar-refractivity contribution in [1.82, 2.24) is 0 Å². The van der Waals surface area contributed by atoms with Crippen molar-refractivity contribution in [2.75, 3.05) is 0 Å². The van der Waals surface area contributed by atoms with Crippen LogP contribution in [-0.2, 0) is 0 Å². The lowest BCUT2D eigenvalue weighted by Gasteiger charge is -2.25. The van der Waals surface area contributed by atoms with Gasteiger partial charge < -0.3 is 0 Å². The molecule has 1 saturated carbocycles. The van der Waals surface area contributed by atoms with Crippen molar-refractivity contribution in [3.8, 4) is 0 Å². The molecule has 20 heavy (non-hydrogen) atoms. The maximum Gasteiger partial charge on any atom is -0.0156 e. The van der Waals surface area contributed by atoms with Gasteiger partial charge in [0.05, 0.1) is 0 Å². The molecule has 0 radical (unpaired) electrons.